The summed E-state index contributed by atoms with van der Waals surface area (Å²) in [6.07, 6.45) is 4.06. The van der Waals surface area contributed by atoms with Gasteiger partial charge in [-0.05, 0) is 79.3 Å². The monoisotopic (exact) mass is 527 g/mol. The molecule has 4 nitrogen and oxygen atoms in total. The average molecular weight is 528 g/mol. The van der Waals surface area contributed by atoms with Crippen molar-refractivity contribution in [3.05, 3.63) is 83.9 Å². The van der Waals surface area contributed by atoms with Crippen LogP contribution in [0, 0.1) is 16.7 Å². The summed E-state index contributed by atoms with van der Waals surface area (Å²) in [6, 6.07) is 25.7. The molecule has 0 aromatic heterocycles. The maximum Gasteiger partial charge on any atom is 0.308 e. The maximum absolute atomic E-state index is 13.4. The lowest BCUT2D eigenvalue weighted by atomic mass is 9.67. The molecule has 2 aliphatic carbocycles. The van der Waals surface area contributed by atoms with E-state index in [0.717, 1.165) is 31.5 Å². The molecule has 0 spiro atoms. The first-order valence-electron chi connectivity index (χ1n) is 14.5. The third kappa shape index (κ3) is 5.51. The van der Waals surface area contributed by atoms with Crippen LogP contribution in [0.4, 0.5) is 0 Å². The number of hydrogen-bond donors (Lipinski definition) is 0. The average Bonchev–Trinajstić information content (AvgIpc) is 3.26. The van der Waals surface area contributed by atoms with Gasteiger partial charge < -0.3 is 9.47 Å². The van der Waals surface area contributed by atoms with Crippen molar-refractivity contribution in [3.63, 3.8) is 0 Å². The minimum atomic E-state index is -0.527. The highest BCUT2D eigenvalue weighted by molar-refractivity contribution is 5.83. The van der Waals surface area contributed by atoms with Crippen molar-refractivity contribution in [2.24, 2.45) is 16.7 Å². The number of rotatable bonds is 9. The van der Waals surface area contributed by atoms with Crippen molar-refractivity contribution in [1.82, 2.24) is 4.90 Å². The number of carbonyl (C=O) groups is 1. The molecule has 2 fully saturated rings. The molecule has 2 saturated carbocycles. The second kappa shape index (κ2) is 10.7. The van der Waals surface area contributed by atoms with Crippen molar-refractivity contribution in [2.45, 2.75) is 84.6 Å². The minimum Gasteiger partial charge on any atom is -0.460 e. The van der Waals surface area contributed by atoms with Crippen molar-refractivity contribution >= 4 is 16.7 Å². The van der Waals surface area contributed by atoms with E-state index in [0.29, 0.717) is 12.3 Å². The zero-order chi connectivity index (χ0) is 27.8. The minimum absolute atomic E-state index is 0.0320. The van der Waals surface area contributed by atoms with Crippen LogP contribution in [-0.2, 0) is 20.8 Å². The Morgan fingerprint density at radius 1 is 1.00 bits per heavy atom. The molecular weight excluding hydrogens is 482 g/mol. The Kier molecular flexibility index (Phi) is 7.65. The Hall–Kier alpha value is -2.69. The molecule has 2 bridgehead atoms. The van der Waals surface area contributed by atoms with Gasteiger partial charge in [-0.15, -0.1) is 0 Å². The number of esters is 1. The van der Waals surface area contributed by atoms with Crippen molar-refractivity contribution in [1.29, 1.82) is 0 Å². The van der Waals surface area contributed by atoms with Crippen LogP contribution in [0.3, 0.4) is 0 Å². The van der Waals surface area contributed by atoms with E-state index < -0.39 is 5.60 Å². The van der Waals surface area contributed by atoms with Gasteiger partial charge in [0.25, 0.3) is 0 Å². The number of methoxy groups -OCH3 is 1. The summed E-state index contributed by atoms with van der Waals surface area (Å²) in [6.45, 7) is 12.4. The van der Waals surface area contributed by atoms with Gasteiger partial charge in [0, 0.05) is 31.7 Å². The molecule has 3 aromatic carbocycles. The molecule has 0 N–H and O–H groups in total. The lowest BCUT2D eigenvalue weighted by Gasteiger charge is -2.47. The van der Waals surface area contributed by atoms with Crippen LogP contribution >= 0.6 is 0 Å². The van der Waals surface area contributed by atoms with Crippen LogP contribution in [0.5, 0.6) is 0 Å². The summed E-state index contributed by atoms with van der Waals surface area (Å²) >= 11 is 0. The summed E-state index contributed by atoms with van der Waals surface area (Å²) in [4.78, 5) is 16.0. The molecule has 0 radical (unpaired) electrons. The molecule has 4 atom stereocenters. The Morgan fingerprint density at radius 2 is 1.69 bits per heavy atom. The van der Waals surface area contributed by atoms with Gasteiger partial charge in [-0.1, -0.05) is 80.6 Å². The fourth-order valence-electron chi connectivity index (χ4n) is 7.57. The van der Waals surface area contributed by atoms with E-state index in [-0.39, 0.29) is 28.9 Å². The summed E-state index contributed by atoms with van der Waals surface area (Å²) in [5, 5.41) is 2.40. The van der Waals surface area contributed by atoms with Gasteiger partial charge >= 0.3 is 5.97 Å². The molecule has 39 heavy (non-hydrogen) atoms. The molecule has 0 saturated heterocycles. The lowest BCUT2D eigenvalue weighted by Crippen LogP contribution is -2.49. The number of fused-ring (bicyclic) bond motifs is 3. The molecular formula is C35H45NO3. The first kappa shape index (κ1) is 27.9. The van der Waals surface area contributed by atoms with E-state index >= 15 is 0 Å². The highest BCUT2D eigenvalue weighted by atomic mass is 16.6. The van der Waals surface area contributed by atoms with E-state index in [1.54, 1.807) is 0 Å². The number of ether oxygens (including phenoxy) is 2. The van der Waals surface area contributed by atoms with Crippen LogP contribution in [0.1, 0.15) is 77.5 Å². The second-order valence-corrected chi connectivity index (χ2v) is 13.4. The Morgan fingerprint density at radius 3 is 2.36 bits per heavy atom. The van der Waals surface area contributed by atoms with Gasteiger partial charge in [-0.3, -0.25) is 9.69 Å². The zero-order valence-electron chi connectivity index (χ0n) is 24.6. The SMILES string of the molecule is CO[C@@H]1C[C@H]2CC[C@]1(CN(Cc1ccccc1)[C@H](CC(=O)OC(C)(C)C)c1ccc3ccccc3c1)C2(C)C. The smallest absolute Gasteiger partial charge is 0.308 e. The number of hydrogen-bond acceptors (Lipinski definition) is 4. The normalized spacial score (nSPS) is 24.8. The van der Waals surface area contributed by atoms with Gasteiger partial charge in [0.2, 0.25) is 0 Å². The number of benzene rings is 3. The first-order valence-corrected chi connectivity index (χ1v) is 14.5. The highest BCUT2D eigenvalue weighted by Crippen LogP contribution is 2.67. The van der Waals surface area contributed by atoms with E-state index in [1.165, 1.54) is 22.8 Å². The van der Waals surface area contributed by atoms with E-state index in [9.17, 15) is 4.79 Å². The molecule has 0 amide bonds. The van der Waals surface area contributed by atoms with Crippen LogP contribution in [0.2, 0.25) is 0 Å². The summed E-state index contributed by atoms with van der Waals surface area (Å²) in [5.74, 6) is 0.514. The first-order chi connectivity index (χ1) is 18.5. The summed E-state index contributed by atoms with van der Waals surface area (Å²) in [5.41, 5.74) is 2.09. The van der Waals surface area contributed by atoms with Crippen molar-refractivity contribution in [2.75, 3.05) is 13.7 Å². The fraction of sp³-hybridized carbons (Fsp3) is 0.514. The number of nitrogens with zero attached hydrogens (tertiary/aromatic N) is 1. The molecule has 208 valence electrons. The maximum atomic E-state index is 13.4. The molecule has 4 heteroatoms. The van der Waals surface area contributed by atoms with Crippen LogP contribution in [0.25, 0.3) is 10.8 Å². The number of carbonyl (C=O) groups excluding carboxylic acids is 1. The molecule has 0 heterocycles. The topological polar surface area (TPSA) is 38.8 Å². The Bertz CT molecular complexity index is 1290. The lowest BCUT2D eigenvalue weighted by molar-refractivity contribution is -0.157. The Balaban J connectivity index is 1.59. The van der Waals surface area contributed by atoms with Crippen molar-refractivity contribution in [3.8, 4) is 0 Å². The van der Waals surface area contributed by atoms with E-state index in [4.69, 9.17) is 9.47 Å². The van der Waals surface area contributed by atoms with Gasteiger partial charge in [-0.2, -0.15) is 0 Å². The van der Waals surface area contributed by atoms with Gasteiger partial charge in [0.05, 0.1) is 12.5 Å². The highest BCUT2D eigenvalue weighted by Gasteiger charge is 2.64. The third-order valence-electron chi connectivity index (χ3n) is 9.74. The molecule has 5 rings (SSSR count). The summed E-state index contributed by atoms with van der Waals surface area (Å²) in [7, 11) is 1.88. The third-order valence-corrected chi connectivity index (χ3v) is 9.74. The van der Waals surface area contributed by atoms with Gasteiger partial charge in [0.1, 0.15) is 5.60 Å². The Labute approximate surface area is 234 Å². The quantitative estimate of drug-likeness (QED) is 0.265. The summed E-state index contributed by atoms with van der Waals surface area (Å²) < 4.78 is 12.1. The predicted octanol–water partition coefficient (Wildman–Crippen LogP) is 7.96. The van der Waals surface area contributed by atoms with Crippen LogP contribution in [-0.4, -0.2) is 36.2 Å². The molecule has 2 aliphatic rings. The molecule has 0 unspecified atom stereocenters. The second-order valence-electron chi connectivity index (χ2n) is 13.4. The van der Waals surface area contributed by atoms with Gasteiger partial charge in [-0.25, -0.2) is 0 Å². The zero-order valence-corrected chi connectivity index (χ0v) is 24.6. The van der Waals surface area contributed by atoms with Crippen molar-refractivity contribution < 1.29 is 14.3 Å². The standard InChI is InChI=1S/C35H45NO3/c1-33(2,3)39-32(37)22-30(28-17-16-26-14-10-11-15-27(26)20-28)36(23-25-12-8-7-9-13-25)24-35-19-18-29(34(35,4)5)21-31(35)38-6/h7-17,20,29-31H,18-19,21-24H2,1-6H3/t29-,30-,31-,35-/m1/s1. The predicted molar refractivity (Wildman–Crippen MR) is 158 cm³/mol. The molecule has 0 aliphatic heterocycles. The fourth-order valence-corrected chi connectivity index (χ4v) is 7.57. The van der Waals surface area contributed by atoms with Crippen LogP contribution < -0.4 is 0 Å². The van der Waals surface area contributed by atoms with Gasteiger partial charge in [0.15, 0.2) is 0 Å². The van der Waals surface area contributed by atoms with E-state index in [1.807, 2.05) is 27.9 Å². The van der Waals surface area contributed by atoms with E-state index in [2.05, 4.69) is 91.5 Å². The van der Waals surface area contributed by atoms with Crippen LogP contribution in [0.15, 0.2) is 72.8 Å². The largest absolute Gasteiger partial charge is 0.460 e. The molecule has 3 aromatic rings.